The molecule has 1 aliphatic rings. The molecule has 0 bridgehead atoms. The molecule has 3 rings (SSSR count). The molecule has 3 heteroatoms. The predicted molar refractivity (Wildman–Crippen MR) is 92.4 cm³/mol. The normalized spacial score (nSPS) is 15.6. The van der Waals surface area contributed by atoms with Crippen LogP contribution in [0.2, 0.25) is 0 Å². The molecule has 0 aromatic heterocycles. The van der Waals surface area contributed by atoms with Crippen molar-refractivity contribution in [3.63, 3.8) is 0 Å². The van der Waals surface area contributed by atoms with Crippen LogP contribution in [0.25, 0.3) is 0 Å². The summed E-state index contributed by atoms with van der Waals surface area (Å²) in [5.74, 6) is 0. The van der Waals surface area contributed by atoms with E-state index in [-0.39, 0.29) is 12.4 Å². The molecule has 0 radical (unpaired) electrons. The summed E-state index contributed by atoms with van der Waals surface area (Å²) in [7, 11) is 0. The van der Waals surface area contributed by atoms with E-state index in [4.69, 9.17) is 0 Å². The third-order valence-corrected chi connectivity index (χ3v) is 4.08. The van der Waals surface area contributed by atoms with Crippen molar-refractivity contribution in [3.8, 4) is 0 Å². The summed E-state index contributed by atoms with van der Waals surface area (Å²) in [6, 6.07) is 19.5. The molecule has 0 atom stereocenters. The zero-order valence-corrected chi connectivity index (χ0v) is 13.4. The number of rotatable bonds is 3. The summed E-state index contributed by atoms with van der Waals surface area (Å²) < 4.78 is 0. The summed E-state index contributed by atoms with van der Waals surface area (Å²) in [4.78, 5) is 5.06. The van der Waals surface area contributed by atoms with E-state index in [0.29, 0.717) is 0 Å². The Hall–Kier alpha value is -1.51. The van der Waals surface area contributed by atoms with Crippen LogP contribution in [0.15, 0.2) is 54.6 Å². The minimum absolute atomic E-state index is 0. The van der Waals surface area contributed by atoms with Crippen LogP contribution < -0.4 is 4.90 Å². The zero-order valence-electron chi connectivity index (χ0n) is 12.5. The van der Waals surface area contributed by atoms with Crippen LogP contribution in [-0.4, -0.2) is 31.1 Å². The Kier molecular flexibility index (Phi) is 5.66. The molecule has 2 aromatic carbocycles. The van der Waals surface area contributed by atoms with Gasteiger partial charge in [0.2, 0.25) is 0 Å². The minimum Gasteiger partial charge on any atom is -0.369 e. The third-order valence-electron chi connectivity index (χ3n) is 4.08. The number of benzene rings is 2. The van der Waals surface area contributed by atoms with Crippen LogP contribution >= 0.6 is 12.4 Å². The van der Waals surface area contributed by atoms with E-state index in [2.05, 4.69) is 71.3 Å². The zero-order chi connectivity index (χ0) is 13.8. The van der Waals surface area contributed by atoms with Crippen molar-refractivity contribution in [2.75, 3.05) is 31.1 Å². The van der Waals surface area contributed by atoms with Gasteiger partial charge in [-0.1, -0.05) is 48.5 Å². The summed E-state index contributed by atoms with van der Waals surface area (Å²) >= 11 is 0. The lowest BCUT2D eigenvalue weighted by Crippen LogP contribution is -2.46. The first-order valence-electron chi connectivity index (χ1n) is 7.40. The molecule has 1 aliphatic heterocycles. The second kappa shape index (κ2) is 7.48. The SMILES string of the molecule is Cc1ccccc1N1CCN(Cc2ccccc2)CC1.Cl. The molecule has 0 aliphatic carbocycles. The monoisotopic (exact) mass is 302 g/mol. The van der Waals surface area contributed by atoms with Gasteiger partial charge < -0.3 is 4.90 Å². The van der Waals surface area contributed by atoms with Crippen molar-refractivity contribution in [1.29, 1.82) is 0 Å². The Morgan fingerprint density at radius 2 is 1.43 bits per heavy atom. The fraction of sp³-hybridized carbons (Fsp3) is 0.333. The lowest BCUT2D eigenvalue weighted by Gasteiger charge is -2.36. The average molecular weight is 303 g/mol. The molecule has 1 saturated heterocycles. The predicted octanol–water partition coefficient (Wildman–Crippen LogP) is 3.74. The summed E-state index contributed by atoms with van der Waals surface area (Å²) in [5, 5.41) is 0. The maximum absolute atomic E-state index is 2.55. The Labute approximate surface area is 133 Å². The van der Waals surface area contributed by atoms with Crippen molar-refractivity contribution in [1.82, 2.24) is 4.90 Å². The van der Waals surface area contributed by atoms with Crippen molar-refractivity contribution in [3.05, 3.63) is 65.7 Å². The van der Waals surface area contributed by atoms with Crippen LogP contribution in [0.4, 0.5) is 5.69 Å². The average Bonchev–Trinajstić information content (AvgIpc) is 2.50. The van der Waals surface area contributed by atoms with Gasteiger partial charge in [0, 0.05) is 38.4 Å². The largest absolute Gasteiger partial charge is 0.369 e. The molecule has 0 unspecified atom stereocenters. The number of piperazine rings is 1. The molecule has 2 aromatic rings. The number of aryl methyl sites for hydroxylation is 1. The fourth-order valence-electron chi connectivity index (χ4n) is 2.91. The molecule has 1 heterocycles. The summed E-state index contributed by atoms with van der Waals surface area (Å²) in [6.45, 7) is 7.80. The maximum Gasteiger partial charge on any atom is 0.0396 e. The molecule has 2 nitrogen and oxygen atoms in total. The van der Waals surface area contributed by atoms with E-state index in [1.807, 2.05) is 0 Å². The quantitative estimate of drug-likeness (QED) is 0.852. The highest BCUT2D eigenvalue weighted by molar-refractivity contribution is 5.85. The molecular formula is C18H23ClN2. The summed E-state index contributed by atoms with van der Waals surface area (Å²) in [6.07, 6.45) is 0. The van der Waals surface area contributed by atoms with Gasteiger partial charge in [-0.3, -0.25) is 4.90 Å². The second-order valence-electron chi connectivity index (χ2n) is 5.54. The van der Waals surface area contributed by atoms with E-state index in [0.717, 1.165) is 32.7 Å². The number of hydrogen-bond acceptors (Lipinski definition) is 2. The van der Waals surface area contributed by atoms with E-state index in [9.17, 15) is 0 Å². The fourth-order valence-corrected chi connectivity index (χ4v) is 2.91. The van der Waals surface area contributed by atoms with Crippen LogP contribution in [-0.2, 0) is 6.54 Å². The number of nitrogens with zero attached hydrogens (tertiary/aromatic N) is 2. The van der Waals surface area contributed by atoms with Gasteiger partial charge in [0.05, 0.1) is 0 Å². The Balaban J connectivity index is 0.00000161. The molecule has 1 fully saturated rings. The highest BCUT2D eigenvalue weighted by Crippen LogP contribution is 2.21. The standard InChI is InChI=1S/C18H22N2.ClH/c1-16-7-5-6-10-18(16)20-13-11-19(12-14-20)15-17-8-3-2-4-9-17;/h2-10H,11-15H2,1H3;1H. The maximum atomic E-state index is 2.55. The van der Waals surface area contributed by atoms with Gasteiger partial charge in [-0.05, 0) is 24.1 Å². The lowest BCUT2D eigenvalue weighted by atomic mass is 10.1. The highest BCUT2D eigenvalue weighted by atomic mass is 35.5. The van der Waals surface area contributed by atoms with E-state index in [1.165, 1.54) is 16.8 Å². The van der Waals surface area contributed by atoms with E-state index in [1.54, 1.807) is 0 Å². The molecule has 0 N–H and O–H groups in total. The Morgan fingerprint density at radius 1 is 0.810 bits per heavy atom. The topological polar surface area (TPSA) is 6.48 Å². The van der Waals surface area contributed by atoms with Gasteiger partial charge in [-0.15, -0.1) is 12.4 Å². The van der Waals surface area contributed by atoms with Crippen molar-refractivity contribution in [2.45, 2.75) is 13.5 Å². The molecule has 0 spiro atoms. The highest BCUT2D eigenvalue weighted by Gasteiger charge is 2.17. The number of halogens is 1. The first-order valence-corrected chi connectivity index (χ1v) is 7.40. The van der Waals surface area contributed by atoms with Crippen molar-refractivity contribution >= 4 is 18.1 Å². The molecule has 112 valence electrons. The van der Waals surface area contributed by atoms with Crippen molar-refractivity contribution in [2.24, 2.45) is 0 Å². The van der Waals surface area contributed by atoms with Gasteiger partial charge >= 0.3 is 0 Å². The summed E-state index contributed by atoms with van der Waals surface area (Å²) in [5.41, 5.74) is 4.19. The Morgan fingerprint density at radius 3 is 2.10 bits per heavy atom. The molecule has 0 amide bonds. The van der Waals surface area contributed by atoms with Crippen LogP contribution in [0, 0.1) is 6.92 Å². The first-order chi connectivity index (χ1) is 9.83. The molecule has 0 saturated carbocycles. The number of anilines is 1. The van der Waals surface area contributed by atoms with Crippen LogP contribution in [0.3, 0.4) is 0 Å². The molecule has 21 heavy (non-hydrogen) atoms. The van der Waals surface area contributed by atoms with E-state index >= 15 is 0 Å². The van der Waals surface area contributed by atoms with Gasteiger partial charge in [-0.25, -0.2) is 0 Å². The van der Waals surface area contributed by atoms with Gasteiger partial charge in [0.25, 0.3) is 0 Å². The number of hydrogen-bond donors (Lipinski definition) is 0. The Bertz CT molecular complexity index is 548. The lowest BCUT2D eigenvalue weighted by molar-refractivity contribution is 0.250. The van der Waals surface area contributed by atoms with E-state index < -0.39 is 0 Å². The van der Waals surface area contributed by atoms with Crippen molar-refractivity contribution < 1.29 is 0 Å². The van der Waals surface area contributed by atoms with Gasteiger partial charge in [0.15, 0.2) is 0 Å². The molecular weight excluding hydrogens is 280 g/mol. The van der Waals surface area contributed by atoms with Gasteiger partial charge in [0.1, 0.15) is 0 Å². The minimum atomic E-state index is 0. The van der Waals surface area contributed by atoms with Gasteiger partial charge in [-0.2, -0.15) is 0 Å². The number of para-hydroxylation sites is 1. The third kappa shape index (κ3) is 3.99. The smallest absolute Gasteiger partial charge is 0.0396 e. The van der Waals surface area contributed by atoms with Crippen LogP contribution in [0.1, 0.15) is 11.1 Å². The second-order valence-corrected chi connectivity index (χ2v) is 5.54. The first kappa shape index (κ1) is 15.9. The van der Waals surface area contributed by atoms with Crippen LogP contribution in [0.5, 0.6) is 0 Å².